The first-order chi connectivity index (χ1) is 9.20. The highest BCUT2D eigenvalue weighted by atomic mass is 16.1. The molecule has 0 aliphatic carbocycles. The number of benzene rings is 1. The van der Waals surface area contributed by atoms with Crippen LogP contribution in [0.2, 0.25) is 0 Å². The molecule has 0 saturated carbocycles. The van der Waals surface area contributed by atoms with E-state index < -0.39 is 0 Å². The molecule has 1 atom stereocenters. The second kappa shape index (κ2) is 6.75. The number of nitrogens with one attached hydrogen (secondary N) is 1. The topological polar surface area (TPSA) is 58.4 Å². The number of rotatable bonds is 5. The molecule has 1 unspecified atom stereocenters. The van der Waals surface area contributed by atoms with Crippen LogP contribution < -0.4 is 11.1 Å². The third-order valence-corrected chi connectivity index (χ3v) is 3.36. The Hall–Kier alpha value is -1.55. The standard InChI is InChI=1S/C16H27N3O/c1-16(2,3)14(9-10-19(4)5)18-15(20)12-7-6-8-13(17)11-12/h6-8,11,14H,9-10,17H2,1-5H3,(H,18,20). The van der Waals surface area contributed by atoms with Crippen LogP contribution in [-0.4, -0.2) is 37.5 Å². The highest BCUT2D eigenvalue weighted by Gasteiger charge is 2.26. The lowest BCUT2D eigenvalue weighted by molar-refractivity contribution is 0.0893. The number of nitrogens with two attached hydrogens (primary N) is 1. The second-order valence-corrected chi connectivity index (χ2v) is 6.61. The van der Waals surface area contributed by atoms with E-state index in [0.29, 0.717) is 11.3 Å². The molecule has 0 aliphatic heterocycles. The fraction of sp³-hybridized carbons (Fsp3) is 0.562. The van der Waals surface area contributed by atoms with Crippen molar-refractivity contribution >= 4 is 11.6 Å². The first-order valence-electron chi connectivity index (χ1n) is 7.01. The molecule has 0 saturated heterocycles. The summed E-state index contributed by atoms with van der Waals surface area (Å²) in [4.78, 5) is 14.4. The van der Waals surface area contributed by atoms with Gasteiger partial charge in [0.2, 0.25) is 0 Å². The first kappa shape index (κ1) is 16.5. The highest BCUT2D eigenvalue weighted by molar-refractivity contribution is 5.95. The third kappa shape index (κ3) is 5.21. The van der Waals surface area contributed by atoms with E-state index in [-0.39, 0.29) is 17.4 Å². The predicted octanol–water partition coefficient (Wildman–Crippen LogP) is 2.36. The summed E-state index contributed by atoms with van der Waals surface area (Å²) in [7, 11) is 4.08. The summed E-state index contributed by atoms with van der Waals surface area (Å²) in [5.74, 6) is -0.0593. The fourth-order valence-electron chi connectivity index (χ4n) is 2.03. The van der Waals surface area contributed by atoms with E-state index in [1.54, 1.807) is 24.3 Å². The van der Waals surface area contributed by atoms with Gasteiger partial charge in [-0.15, -0.1) is 0 Å². The van der Waals surface area contributed by atoms with Crippen LogP contribution in [0, 0.1) is 5.41 Å². The van der Waals surface area contributed by atoms with Crippen molar-refractivity contribution in [2.75, 3.05) is 26.4 Å². The van der Waals surface area contributed by atoms with E-state index in [1.807, 2.05) is 14.1 Å². The Balaban J connectivity index is 2.76. The zero-order chi connectivity index (χ0) is 15.3. The lowest BCUT2D eigenvalue weighted by Crippen LogP contribution is -2.45. The number of amides is 1. The van der Waals surface area contributed by atoms with Crippen molar-refractivity contribution in [1.82, 2.24) is 10.2 Å². The highest BCUT2D eigenvalue weighted by Crippen LogP contribution is 2.22. The van der Waals surface area contributed by atoms with Crippen LogP contribution in [0.3, 0.4) is 0 Å². The molecule has 0 radical (unpaired) electrons. The molecule has 0 spiro atoms. The van der Waals surface area contributed by atoms with E-state index in [2.05, 4.69) is 31.0 Å². The number of carbonyl (C=O) groups is 1. The average molecular weight is 277 g/mol. The smallest absolute Gasteiger partial charge is 0.251 e. The molecular weight excluding hydrogens is 250 g/mol. The molecule has 0 heterocycles. The molecule has 0 bridgehead atoms. The van der Waals surface area contributed by atoms with Gasteiger partial charge in [-0.1, -0.05) is 26.8 Å². The minimum atomic E-state index is -0.0593. The summed E-state index contributed by atoms with van der Waals surface area (Å²) >= 11 is 0. The average Bonchev–Trinajstić information content (AvgIpc) is 2.32. The molecule has 20 heavy (non-hydrogen) atoms. The van der Waals surface area contributed by atoms with Crippen molar-refractivity contribution in [2.45, 2.75) is 33.2 Å². The van der Waals surface area contributed by atoms with Crippen LogP contribution in [0.25, 0.3) is 0 Å². The van der Waals surface area contributed by atoms with Gasteiger partial charge in [-0.3, -0.25) is 4.79 Å². The molecular formula is C16H27N3O. The number of nitrogen functional groups attached to an aromatic ring is 1. The van der Waals surface area contributed by atoms with Crippen LogP contribution in [0.5, 0.6) is 0 Å². The Labute approximate surface area is 122 Å². The minimum Gasteiger partial charge on any atom is -0.399 e. The normalized spacial score (nSPS) is 13.3. The van der Waals surface area contributed by atoms with Crippen LogP contribution in [0.1, 0.15) is 37.6 Å². The van der Waals surface area contributed by atoms with Crippen molar-refractivity contribution in [1.29, 1.82) is 0 Å². The molecule has 1 amide bonds. The number of nitrogens with zero attached hydrogens (tertiary/aromatic N) is 1. The maximum atomic E-state index is 12.3. The van der Waals surface area contributed by atoms with Gasteiger partial charge in [-0.25, -0.2) is 0 Å². The van der Waals surface area contributed by atoms with E-state index in [0.717, 1.165) is 13.0 Å². The molecule has 0 fully saturated rings. The first-order valence-corrected chi connectivity index (χ1v) is 7.01. The number of hydrogen-bond acceptors (Lipinski definition) is 3. The summed E-state index contributed by atoms with van der Waals surface area (Å²) in [5.41, 5.74) is 6.97. The summed E-state index contributed by atoms with van der Waals surface area (Å²) in [6.07, 6.45) is 0.921. The van der Waals surface area contributed by atoms with Gasteiger partial charge < -0.3 is 16.0 Å². The summed E-state index contributed by atoms with van der Waals surface area (Å²) in [5, 5.41) is 3.13. The zero-order valence-electron chi connectivity index (χ0n) is 13.2. The molecule has 1 aromatic rings. The molecule has 4 heteroatoms. The lowest BCUT2D eigenvalue weighted by atomic mass is 9.84. The number of hydrogen-bond donors (Lipinski definition) is 2. The van der Waals surface area contributed by atoms with Crippen molar-refractivity contribution in [2.24, 2.45) is 5.41 Å². The van der Waals surface area contributed by atoms with Gasteiger partial charge in [-0.2, -0.15) is 0 Å². The monoisotopic (exact) mass is 277 g/mol. The SMILES string of the molecule is CN(C)CCC(NC(=O)c1cccc(N)c1)C(C)(C)C. The molecule has 4 nitrogen and oxygen atoms in total. The summed E-state index contributed by atoms with van der Waals surface area (Å²) in [6, 6.07) is 7.21. The Morgan fingerprint density at radius 1 is 1.35 bits per heavy atom. The molecule has 3 N–H and O–H groups in total. The number of anilines is 1. The summed E-state index contributed by atoms with van der Waals surface area (Å²) < 4.78 is 0. The van der Waals surface area contributed by atoms with E-state index in [1.165, 1.54) is 0 Å². The quantitative estimate of drug-likeness (QED) is 0.812. The molecule has 0 aromatic heterocycles. The van der Waals surface area contributed by atoms with Gasteiger partial charge in [-0.05, 0) is 50.7 Å². The minimum absolute atomic E-state index is 0.0198. The van der Waals surface area contributed by atoms with Gasteiger partial charge >= 0.3 is 0 Å². The van der Waals surface area contributed by atoms with Crippen LogP contribution in [-0.2, 0) is 0 Å². The second-order valence-electron chi connectivity index (χ2n) is 6.61. The summed E-state index contributed by atoms with van der Waals surface area (Å²) in [6.45, 7) is 7.38. The van der Waals surface area contributed by atoms with E-state index in [4.69, 9.17) is 5.73 Å². The van der Waals surface area contributed by atoms with Gasteiger partial charge in [0.25, 0.3) is 5.91 Å². The van der Waals surface area contributed by atoms with Crippen LogP contribution in [0.15, 0.2) is 24.3 Å². The molecule has 112 valence electrons. The van der Waals surface area contributed by atoms with Gasteiger partial charge in [0.1, 0.15) is 0 Å². The fourth-order valence-corrected chi connectivity index (χ4v) is 2.03. The largest absolute Gasteiger partial charge is 0.399 e. The molecule has 0 aliphatic rings. The van der Waals surface area contributed by atoms with E-state index >= 15 is 0 Å². The van der Waals surface area contributed by atoms with Gasteiger partial charge in [0, 0.05) is 17.3 Å². The Morgan fingerprint density at radius 2 is 2.00 bits per heavy atom. The number of carbonyl (C=O) groups excluding carboxylic acids is 1. The molecule has 1 aromatic carbocycles. The van der Waals surface area contributed by atoms with Crippen molar-refractivity contribution in [3.8, 4) is 0 Å². The van der Waals surface area contributed by atoms with Gasteiger partial charge in [0.05, 0.1) is 0 Å². The Bertz CT molecular complexity index is 449. The van der Waals surface area contributed by atoms with Crippen LogP contribution in [0.4, 0.5) is 5.69 Å². The predicted molar refractivity (Wildman–Crippen MR) is 84.7 cm³/mol. The maximum Gasteiger partial charge on any atom is 0.251 e. The van der Waals surface area contributed by atoms with Gasteiger partial charge in [0.15, 0.2) is 0 Å². The maximum absolute atomic E-state index is 12.3. The van der Waals surface area contributed by atoms with Crippen molar-refractivity contribution in [3.05, 3.63) is 29.8 Å². The Morgan fingerprint density at radius 3 is 2.50 bits per heavy atom. The van der Waals surface area contributed by atoms with Crippen molar-refractivity contribution in [3.63, 3.8) is 0 Å². The third-order valence-electron chi connectivity index (χ3n) is 3.36. The zero-order valence-corrected chi connectivity index (χ0v) is 13.2. The Kier molecular flexibility index (Phi) is 5.57. The lowest BCUT2D eigenvalue weighted by Gasteiger charge is -2.32. The van der Waals surface area contributed by atoms with Crippen molar-refractivity contribution < 1.29 is 4.79 Å². The van der Waals surface area contributed by atoms with Crippen LogP contribution >= 0.6 is 0 Å². The molecule has 1 rings (SSSR count). The van der Waals surface area contributed by atoms with E-state index in [9.17, 15) is 4.79 Å².